The molecule has 0 saturated heterocycles. The summed E-state index contributed by atoms with van der Waals surface area (Å²) in [7, 11) is 4.02. The predicted molar refractivity (Wildman–Crippen MR) is 83.4 cm³/mol. The standard InChI is InChI=1S/C14H15N5S/c1-18(2)10-5-7-11(8-6-10)19-14(15)13(16-17-19)12-4-3-9-20-12/h3-9H,15H2,1-2H3. The first-order valence-electron chi connectivity index (χ1n) is 6.19. The van der Waals surface area contributed by atoms with E-state index in [1.807, 2.05) is 60.8 Å². The van der Waals surface area contributed by atoms with Gasteiger partial charge in [0.2, 0.25) is 0 Å². The summed E-state index contributed by atoms with van der Waals surface area (Å²) >= 11 is 1.60. The molecular weight excluding hydrogens is 270 g/mol. The third kappa shape index (κ3) is 2.14. The van der Waals surface area contributed by atoms with Crippen LogP contribution in [0.25, 0.3) is 16.3 Å². The fourth-order valence-corrected chi connectivity index (χ4v) is 2.68. The lowest BCUT2D eigenvalue weighted by Gasteiger charge is -2.12. The zero-order valence-electron chi connectivity index (χ0n) is 11.3. The van der Waals surface area contributed by atoms with Crippen LogP contribution in [0.3, 0.4) is 0 Å². The van der Waals surface area contributed by atoms with Crippen molar-refractivity contribution >= 4 is 22.8 Å². The van der Waals surface area contributed by atoms with E-state index in [1.54, 1.807) is 16.0 Å². The van der Waals surface area contributed by atoms with Crippen LogP contribution < -0.4 is 10.6 Å². The topological polar surface area (TPSA) is 60.0 Å². The minimum Gasteiger partial charge on any atom is -0.382 e. The first kappa shape index (κ1) is 12.7. The summed E-state index contributed by atoms with van der Waals surface area (Å²) in [5.41, 5.74) is 8.93. The predicted octanol–water partition coefficient (Wildman–Crippen LogP) is 2.64. The van der Waals surface area contributed by atoms with Gasteiger partial charge in [0.05, 0.1) is 10.6 Å². The van der Waals surface area contributed by atoms with Crippen LogP contribution in [0.2, 0.25) is 0 Å². The van der Waals surface area contributed by atoms with E-state index in [0.717, 1.165) is 21.9 Å². The summed E-state index contributed by atoms with van der Waals surface area (Å²) in [5.74, 6) is 0.560. The van der Waals surface area contributed by atoms with Crippen molar-refractivity contribution in [2.75, 3.05) is 24.7 Å². The van der Waals surface area contributed by atoms with E-state index in [0.29, 0.717) is 5.82 Å². The normalized spacial score (nSPS) is 10.7. The van der Waals surface area contributed by atoms with Crippen molar-refractivity contribution in [2.45, 2.75) is 0 Å². The SMILES string of the molecule is CN(C)c1ccc(-n2nnc(-c3cccs3)c2N)cc1. The molecule has 0 radical (unpaired) electrons. The molecule has 2 aromatic heterocycles. The van der Waals surface area contributed by atoms with Crippen LogP contribution in [-0.2, 0) is 0 Å². The molecule has 0 aliphatic rings. The first-order chi connectivity index (χ1) is 9.66. The van der Waals surface area contributed by atoms with Gasteiger partial charge in [-0.2, -0.15) is 4.68 Å². The number of rotatable bonds is 3. The molecule has 0 spiro atoms. The second-order valence-electron chi connectivity index (χ2n) is 4.62. The quantitative estimate of drug-likeness (QED) is 0.803. The number of anilines is 2. The third-order valence-electron chi connectivity index (χ3n) is 3.07. The number of hydrogen-bond donors (Lipinski definition) is 1. The fourth-order valence-electron chi connectivity index (χ4n) is 1.96. The van der Waals surface area contributed by atoms with Crippen LogP contribution >= 0.6 is 11.3 Å². The first-order valence-corrected chi connectivity index (χ1v) is 7.07. The van der Waals surface area contributed by atoms with Gasteiger partial charge in [-0.1, -0.05) is 11.3 Å². The van der Waals surface area contributed by atoms with Crippen LogP contribution in [0.15, 0.2) is 41.8 Å². The number of nitrogen functional groups attached to an aromatic ring is 1. The van der Waals surface area contributed by atoms with Gasteiger partial charge < -0.3 is 10.6 Å². The number of aromatic nitrogens is 3. The highest BCUT2D eigenvalue weighted by Crippen LogP contribution is 2.29. The van der Waals surface area contributed by atoms with Crippen LogP contribution in [-0.4, -0.2) is 29.1 Å². The summed E-state index contributed by atoms with van der Waals surface area (Å²) in [4.78, 5) is 3.07. The van der Waals surface area contributed by atoms with Gasteiger partial charge in [-0.05, 0) is 35.7 Å². The lowest BCUT2D eigenvalue weighted by molar-refractivity contribution is 0.810. The maximum Gasteiger partial charge on any atom is 0.156 e. The Kier molecular flexibility index (Phi) is 3.15. The Hall–Kier alpha value is -2.34. The van der Waals surface area contributed by atoms with Crippen molar-refractivity contribution < 1.29 is 0 Å². The van der Waals surface area contributed by atoms with Crippen LogP contribution in [0.5, 0.6) is 0 Å². The van der Waals surface area contributed by atoms with E-state index >= 15 is 0 Å². The number of benzene rings is 1. The maximum absolute atomic E-state index is 6.16. The molecule has 0 aliphatic heterocycles. The van der Waals surface area contributed by atoms with E-state index < -0.39 is 0 Å². The molecule has 0 atom stereocenters. The van der Waals surface area contributed by atoms with Crippen molar-refractivity contribution in [3.63, 3.8) is 0 Å². The Morgan fingerprint density at radius 2 is 1.90 bits per heavy atom. The van der Waals surface area contributed by atoms with Crippen LogP contribution in [0.1, 0.15) is 0 Å². The zero-order valence-corrected chi connectivity index (χ0v) is 12.1. The average Bonchev–Trinajstić information content (AvgIpc) is 3.08. The molecule has 3 aromatic rings. The van der Waals surface area contributed by atoms with Crippen molar-refractivity contribution in [3.8, 4) is 16.3 Å². The van der Waals surface area contributed by atoms with Crippen LogP contribution in [0.4, 0.5) is 11.5 Å². The molecule has 0 bridgehead atoms. The molecule has 5 nitrogen and oxygen atoms in total. The second-order valence-corrected chi connectivity index (χ2v) is 5.57. The third-order valence-corrected chi connectivity index (χ3v) is 3.95. The van der Waals surface area contributed by atoms with Gasteiger partial charge in [0.1, 0.15) is 5.69 Å². The highest BCUT2D eigenvalue weighted by molar-refractivity contribution is 7.13. The van der Waals surface area contributed by atoms with E-state index in [-0.39, 0.29) is 0 Å². The molecular formula is C14H15N5S. The Bertz CT molecular complexity index is 698. The van der Waals surface area contributed by atoms with Crippen molar-refractivity contribution in [3.05, 3.63) is 41.8 Å². The van der Waals surface area contributed by atoms with Gasteiger partial charge in [0, 0.05) is 19.8 Å². The Balaban J connectivity index is 1.99. The summed E-state index contributed by atoms with van der Waals surface area (Å²) < 4.78 is 1.66. The van der Waals surface area contributed by atoms with Gasteiger partial charge in [-0.25, -0.2) is 0 Å². The van der Waals surface area contributed by atoms with E-state index in [4.69, 9.17) is 5.73 Å². The highest BCUT2D eigenvalue weighted by atomic mass is 32.1. The maximum atomic E-state index is 6.16. The molecule has 0 saturated carbocycles. The van der Waals surface area contributed by atoms with Gasteiger partial charge in [-0.15, -0.1) is 16.4 Å². The minimum atomic E-state index is 0.560. The lowest BCUT2D eigenvalue weighted by Crippen LogP contribution is -2.09. The van der Waals surface area contributed by atoms with Gasteiger partial charge in [0.15, 0.2) is 5.82 Å². The second kappa shape index (κ2) is 4.97. The fraction of sp³-hybridized carbons (Fsp3) is 0.143. The van der Waals surface area contributed by atoms with Gasteiger partial charge in [-0.3, -0.25) is 0 Å². The number of thiophene rings is 1. The molecule has 0 fully saturated rings. The van der Waals surface area contributed by atoms with E-state index in [2.05, 4.69) is 10.3 Å². The molecule has 20 heavy (non-hydrogen) atoms. The average molecular weight is 285 g/mol. The molecule has 1 aromatic carbocycles. The lowest BCUT2D eigenvalue weighted by atomic mass is 10.2. The summed E-state index contributed by atoms with van der Waals surface area (Å²) in [5, 5.41) is 10.3. The monoisotopic (exact) mass is 285 g/mol. The number of nitrogens with zero attached hydrogens (tertiary/aromatic N) is 4. The largest absolute Gasteiger partial charge is 0.382 e. The van der Waals surface area contributed by atoms with E-state index in [1.165, 1.54) is 0 Å². The zero-order chi connectivity index (χ0) is 14.1. The molecule has 6 heteroatoms. The molecule has 0 unspecified atom stereocenters. The Morgan fingerprint density at radius 1 is 1.15 bits per heavy atom. The van der Waals surface area contributed by atoms with E-state index in [9.17, 15) is 0 Å². The molecule has 2 heterocycles. The van der Waals surface area contributed by atoms with Gasteiger partial charge >= 0.3 is 0 Å². The van der Waals surface area contributed by atoms with Crippen molar-refractivity contribution in [2.24, 2.45) is 0 Å². The van der Waals surface area contributed by atoms with Crippen molar-refractivity contribution in [1.29, 1.82) is 0 Å². The van der Waals surface area contributed by atoms with Crippen molar-refractivity contribution in [1.82, 2.24) is 15.0 Å². The Morgan fingerprint density at radius 3 is 2.50 bits per heavy atom. The number of nitrogens with two attached hydrogens (primary N) is 1. The molecule has 0 aliphatic carbocycles. The smallest absolute Gasteiger partial charge is 0.156 e. The summed E-state index contributed by atoms with van der Waals surface area (Å²) in [6.45, 7) is 0. The minimum absolute atomic E-state index is 0.560. The summed E-state index contributed by atoms with van der Waals surface area (Å²) in [6, 6.07) is 12.0. The number of hydrogen-bond acceptors (Lipinski definition) is 5. The molecule has 2 N–H and O–H groups in total. The molecule has 3 rings (SSSR count). The highest BCUT2D eigenvalue weighted by Gasteiger charge is 2.13. The summed E-state index contributed by atoms with van der Waals surface area (Å²) in [6.07, 6.45) is 0. The molecule has 102 valence electrons. The van der Waals surface area contributed by atoms with Gasteiger partial charge in [0.25, 0.3) is 0 Å². The Labute approximate surface area is 121 Å². The molecule has 0 amide bonds. The van der Waals surface area contributed by atoms with Crippen LogP contribution in [0, 0.1) is 0 Å².